The Hall–Kier alpha value is -4.76. The SMILES string of the molecule is CC(Sc1ccc(NC(=O)/C(=C/c2cccnc2)NC(=O)c2ccccc2)cc1)C(=O)Nc1ccncc1. The number of carbonyl (C=O) groups excluding carboxylic acids is 3. The minimum atomic E-state index is -0.483. The number of benzene rings is 2. The largest absolute Gasteiger partial charge is 0.325 e. The molecule has 190 valence electrons. The van der Waals surface area contributed by atoms with Crippen molar-refractivity contribution in [3.63, 3.8) is 0 Å². The molecule has 0 radical (unpaired) electrons. The fraction of sp³-hybridized carbons (Fsp3) is 0.0690. The van der Waals surface area contributed by atoms with Crippen molar-refractivity contribution in [3.05, 3.63) is 120 Å². The van der Waals surface area contributed by atoms with Gasteiger partial charge < -0.3 is 16.0 Å². The van der Waals surface area contributed by atoms with Crippen molar-refractivity contribution in [1.82, 2.24) is 15.3 Å². The van der Waals surface area contributed by atoms with Crippen LogP contribution in [0.15, 0.2) is 114 Å². The molecule has 0 saturated heterocycles. The number of nitrogens with zero attached hydrogens (tertiary/aromatic N) is 2. The van der Waals surface area contributed by atoms with Crippen LogP contribution in [0.2, 0.25) is 0 Å². The number of nitrogens with one attached hydrogen (secondary N) is 3. The van der Waals surface area contributed by atoms with Crippen LogP contribution >= 0.6 is 11.8 Å². The number of anilines is 2. The second-order valence-electron chi connectivity index (χ2n) is 8.13. The second-order valence-corrected chi connectivity index (χ2v) is 9.54. The molecule has 2 heterocycles. The fourth-order valence-corrected chi connectivity index (χ4v) is 4.19. The van der Waals surface area contributed by atoms with Gasteiger partial charge >= 0.3 is 0 Å². The Bertz CT molecular complexity index is 1410. The molecule has 3 amide bonds. The van der Waals surface area contributed by atoms with Crippen molar-refractivity contribution in [2.75, 3.05) is 10.6 Å². The summed E-state index contributed by atoms with van der Waals surface area (Å²) in [5.74, 6) is -1.01. The molecule has 9 heteroatoms. The molecule has 4 aromatic rings. The summed E-state index contributed by atoms with van der Waals surface area (Å²) in [7, 11) is 0. The van der Waals surface area contributed by atoms with Crippen LogP contribution < -0.4 is 16.0 Å². The van der Waals surface area contributed by atoms with Gasteiger partial charge in [0.05, 0.1) is 5.25 Å². The second kappa shape index (κ2) is 13.0. The summed E-state index contributed by atoms with van der Waals surface area (Å²) in [6.07, 6.45) is 8.02. The molecule has 38 heavy (non-hydrogen) atoms. The maximum Gasteiger partial charge on any atom is 0.272 e. The van der Waals surface area contributed by atoms with Gasteiger partial charge in [-0.15, -0.1) is 11.8 Å². The Labute approximate surface area is 224 Å². The van der Waals surface area contributed by atoms with Gasteiger partial charge in [-0.1, -0.05) is 24.3 Å². The molecule has 2 aromatic heterocycles. The highest BCUT2D eigenvalue weighted by Gasteiger charge is 2.17. The van der Waals surface area contributed by atoms with E-state index in [-0.39, 0.29) is 16.9 Å². The third-order valence-electron chi connectivity index (χ3n) is 5.27. The molecule has 3 N–H and O–H groups in total. The molecule has 0 aliphatic heterocycles. The molecule has 0 fully saturated rings. The van der Waals surface area contributed by atoms with Crippen LogP contribution in [0.1, 0.15) is 22.8 Å². The van der Waals surface area contributed by atoms with Gasteiger partial charge in [0.1, 0.15) is 5.70 Å². The number of amides is 3. The van der Waals surface area contributed by atoms with Gasteiger partial charge in [0, 0.05) is 46.6 Å². The van der Waals surface area contributed by atoms with E-state index in [1.807, 2.05) is 25.1 Å². The summed E-state index contributed by atoms with van der Waals surface area (Å²) in [5.41, 5.74) is 2.40. The molecule has 0 spiro atoms. The monoisotopic (exact) mass is 523 g/mol. The fourth-order valence-electron chi connectivity index (χ4n) is 3.32. The van der Waals surface area contributed by atoms with E-state index in [2.05, 4.69) is 25.9 Å². The molecular weight excluding hydrogens is 498 g/mol. The summed E-state index contributed by atoms with van der Waals surface area (Å²) in [6, 6.07) is 22.8. The van der Waals surface area contributed by atoms with E-state index in [1.165, 1.54) is 11.8 Å². The van der Waals surface area contributed by atoms with Crippen LogP contribution in [0.5, 0.6) is 0 Å². The van der Waals surface area contributed by atoms with E-state index >= 15 is 0 Å². The lowest BCUT2D eigenvalue weighted by Gasteiger charge is -2.13. The first-order valence-electron chi connectivity index (χ1n) is 11.7. The molecule has 1 unspecified atom stereocenters. The van der Waals surface area contributed by atoms with Crippen molar-refractivity contribution in [2.45, 2.75) is 17.1 Å². The molecule has 8 nitrogen and oxygen atoms in total. The first-order valence-corrected chi connectivity index (χ1v) is 12.6. The van der Waals surface area contributed by atoms with E-state index in [1.54, 1.807) is 91.5 Å². The Kier molecular flexibility index (Phi) is 8.98. The topological polar surface area (TPSA) is 113 Å². The smallest absolute Gasteiger partial charge is 0.272 e. The molecule has 0 aliphatic carbocycles. The van der Waals surface area contributed by atoms with Gasteiger partial charge in [-0.3, -0.25) is 24.4 Å². The summed E-state index contributed by atoms with van der Waals surface area (Å²) in [4.78, 5) is 47.2. The average molecular weight is 524 g/mol. The van der Waals surface area contributed by atoms with Gasteiger partial charge in [-0.2, -0.15) is 0 Å². The normalized spacial score (nSPS) is 11.8. The summed E-state index contributed by atoms with van der Waals surface area (Å²) in [6.45, 7) is 1.82. The lowest BCUT2D eigenvalue weighted by molar-refractivity contribution is -0.115. The van der Waals surface area contributed by atoms with Crippen molar-refractivity contribution < 1.29 is 14.4 Å². The quantitative estimate of drug-likeness (QED) is 0.210. The first-order chi connectivity index (χ1) is 18.5. The Morgan fingerprint density at radius 1 is 0.789 bits per heavy atom. The highest BCUT2D eigenvalue weighted by Crippen LogP contribution is 2.26. The third kappa shape index (κ3) is 7.62. The highest BCUT2D eigenvalue weighted by atomic mass is 32.2. The molecule has 0 saturated carbocycles. The number of carbonyl (C=O) groups is 3. The number of aromatic nitrogens is 2. The van der Waals surface area contributed by atoms with E-state index in [0.717, 1.165) is 4.90 Å². The maximum atomic E-state index is 13.1. The minimum Gasteiger partial charge on any atom is -0.325 e. The van der Waals surface area contributed by atoms with Gasteiger partial charge in [-0.05, 0) is 73.2 Å². The average Bonchev–Trinajstić information content (AvgIpc) is 2.95. The third-order valence-corrected chi connectivity index (χ3v) is 6.38. The predicted molar refractivity (Wildman–Crippen MR) is 149 cm³/mol. The molecule has 4 rings (SSSR count). The van der Waals surface area contributed by atoms with Gasteiger partial charge in [0.25, 0.3) is 11.8 Å². The molecular formula is C29H25N5O3S. The van der Waals surface area contributed by atoms with Crippen LogP contribution in [0, 0.1) is 0 Å². The van der Waals surface area contributed by atoms with E-state index in [9.17, 15) is 14.4 Å². The number of thioether (sulfide) groups is 1. The van der Waals surface area contributed by atoms with Crippen molar-refractivity contribution in [1.29, 1.82) is 0 Å². The first kappa shape index (κ1) is 26.3. The molecule has 0 bridgehead atoms. The van der Waals surface area contributed by atoms with Crippen LogP contribution in [0.25, 0.3) is 6.08 Å². The number of hydrogen-bond acceptors (Lipinski definition) is 6. The van der Waals surface area contributed by atoms with E-state index < -0.39 is 11.8 Å². The van der Waals surface area contributed by atoms with Crippen LogP contribution in [-0.4, -0.2) is 32.9 Å². The van der Waals surface area contributed by atoms with Crippen molar-refractivity contribution >= 4 is 46.9 Å². The van der Waals surface area contributed by atoms with Crippen molar-refractivity contribution in [2.24, 2.45) is 0 Å². The minimum absolute atomic E-state index is 0.0757. The summed E-state index contributed by atoms with van der Waals surface area (Å²) >= 11 is 1.40. The van der Waals surface area contributed by atoms with Crippen LogP contribution in [-0.2, 0) is 9.59 Å². The number of rotatable bonds is 9. The van der Waals surface area contributed by atoms with E-state index in [4.69, 9.17) is 0 Å². The lowest BCUT2D eigenvalue weighted by atomic mass is 10.2. The number of hydrogen-bond donors (Lipinski definition) is 3. The zero-order chi connectivity index (χ0) is 26.7. The van der Waals surface area contributed by atoms with Crippen LogP contribution in [0.3, 0.4) is 0 Å². The van der Waals surface area contributed by atoms with Gasteiger partial charge in [0.15, 0.2) is 0 Å². The lowest BCUT2D eigenvalue weighted by Crippen LogP contribution is -2.30. The Morgan fingerprint density at radius 2 is 1.50 bits per heavy atom. The molecule has 2 aromatic carbocycles. The van der Waals surface area contributed by atoms with Gasteiger partial charge in [-0.25, -0.2) is 0 Å². The Balaban J connectivity index is 1.41. The summed E-state index contributed by atoms with van der Waals surface area (Å²) in [5, 5.41) is 8.04. The standard InChI is InChI=1S/C29H25N5O3S/c1-20(27(35)32-24-13-16-30-17-14-24)38-25-11-9-23(10-12-25)33-29(37)26(18-21-6-5-15-31-19-21)34-28(36)22-7-3-2-4-8-22/h2-20H,1H3,(H,33,37)(H,34,36)(H,30,32,35)/b26-18-. The maximum absolute atomic E-state index is 13.1. The molecule has 1 atom stereocenters. The van der Waals surface area contributed by atoms with Gasteiger partial charge in [0.2, 0.25) is 5.91 Å². The number of pyridine rings is 2. The predicted octanol–water partition coefficient (Wildman–Crippen LogP) is 5.01. The summed E-state index contributed by atoms with van der Waals surface area (Å²) < 4.78 is 0. The zero-order valence-electron chi connectivity index (χ0n) is 20.5. The van der Waals surface area contributed by atoms with E-state index in [0.29, 0.717) is 22.5 Å². The zero-order valence-corrected chi connectivity index (χ0v) is 21.3. The highest BCUT2D eigenvalue weighted by molar-refractivity contribution is 8.00. The molecule has 0 aliphatic rings. The van der Waals surface area contributed by atoms with Crippen LogP contribution in [0.4, 0.5) is 11.4 Å². The Morgan fingerprint density at radius 3 is 2.18 bits per heavy atom. The van der Waals surface area contributed by atoms with Crippen molar-refractivity contribution in [3.8, 4) is 0 Å².